The van der Waals surface area contributed by atoms with Crippen LogP contribution in [0.4, 0.5) is 0 Å². The number of hydrogen-bond donors (Lipinski definition) is 1. The molecule has 1 N–H and O–H groups in total. The smallest absolute Gasteiger partial charge is 0.262 e. The van der Waals surface area contributed by atoms with Crippen LogP contribution in [0.5, 0.6) is 0 Å². The van der Waals surface area contributed by atoms with Crippen molar-refractivity contribution in [1.29, 1.82) is 0 Å². The molecule has 1 aliphatic carbocycles. The molecule has 1 aromatic carbocycles. The van der Waals surface area contributed by atoms with Crippen LogP contribution in [0.25, 0.3) is 22.1 Å². The van der Waals surface area contributed by atoms with E-state index in [1.165, 1.54) is 12.8 Å². The first-order valence-corrected chi connectivity index (χ1v) is 11.6. The largest absolute Gasteiger partial charge is 0.310 e. The average molecular weight is 430 g/mol. The van der Waals surface area contributed by atoms with Crippen molar-refractivity contribution in [2.75, 3.05) is 13.1 Å². The van der Waals surface area contributed by atoms with E-state index >= 15 is 0 Å². The van der Waals surface area contributed by atoms with Gasteiger partial charge in [-0.2, -0.15) is 5.10 Å². The van der Waals surface area contributed by atoms with E-state index in [0.29, 0.717) is 17.3 Å². The Morgan fingerprint density at radius 3 is 2.72 bits per heavy atom. The minimum atomic E-state index is -0.0831. The molecule has 1 aliphatic heterocycles. The average Bonchev–Trinajstić information content (AvgIpc) is 3.53. The van der Waals surface area contributed by atoms with Gasteiger partial charge in [0.25, 0.3) is 5.56 Å². The quantitative estimate of drug-likeness (QED) is 0.534. The van der Waals surface area contributed by atoms with E-state index < -0.39 is 0 Å². The number of aromatic amines is 1. The summed E-state index contributed by atoms with van der Waals surface area (Å²) in [5.74, 6) is 1.33. The molecular formula is C24H27N7O. The SMILES string of the molecule is C[C@@H]1CN(Cc2cnc3ccccc3n2)C[C@H]1c1nc2c(cnn2C2CCCC2)c(=O)[nH]1. The molecule has 0 amide bonds. The first-order valence-electron chi connectivity index (χ1n) is 11.6. The third-order valence-corrected chi connectivity index (χ3v) is 7.08. The van der Waals surface area contributed by atoms with E-state index in [1.807, 2.05) is 35.1 Å². The molecule has 8 nitrogen and oxygen atoms in total. The van der Waals surface area contributed by atoms with Crippen LogP contribution in [-0.2, 0) is 6.54 Å². The van der Waals surface area contributed by atoms with Crippen molar-refractivity contribution in [3.63, 3.8) is 0 Å². The van der Waals surface area contributed by atoms with Gasteiger partial charge >= 0.3 is 0 Å². The van der Waals surface area contributed by atoms with Gasteiger partial charge in [-0.25, -0.2) is 14.6 Å². The zero-order chi connectivity index (χ0) is 21.7. The molecule has 6 rings (SSSR count). The highest BCUT2D eigenvalue weighted by atomic mass is 16.1. The van der Waals surface area contributed by atoms with Crippen LogP contribution in [0.15, 0.2) is 41.5 Å². The number of nitrogens with one attached hydrogen (secondary N) is 1. The molecule has 1 saturated carbocycles. The molecule has 0 radical (unpaired) electrons. The molecule has 0 unspecified atom stereocenters. The van der Waals surface area contributed by atoms with E-state index in [0.717, 1.165) is 60.7 Å². The minimum Gasteiger partial charge on any atom is -0.310 e. The lowest BCUT2D eigenvalue weighted by Gasteiger charge is -2.16. The predicted octanol–water partition coefficient (Wildman–Crippen LogP) is 3.41. The highest BCUT2D eigenvalue weighted by molar-refractivity contribution is 5.74. The Balaban J connectivity index is 1.27. The molecule has 164 valence electrons. The molecule has 3 aromatic heterocycles. The van der Waals surface area contributed by atoms with Crippen molar-refractivity contribution < 1.29 is 0 Å². The van der Waals surface area contributed by atoms with Gasteiger partial charge in [-0.1, -0.05) is 31.9 Å². The number of rotatable bonds is 4. The van der Waals surface area contributed by atoms with Crippen LogP contribution in [0.1, 0.15) is 56.1 Å². The number of hydrogen-bond acceptors (Lipinski definition) is 6. The molecule has 2 atom stereocenters. The number of likely N-dealkylation sites (tertiary alicyclic amines) is 1. The zero-order valence-corrected chi connectivity index (χ0v) is 18.2. The van der Waals surface area contributed by atoms with Gasteiger partial charge in [-0.05, 0) is 30.9 Å². The van der Waals surface area contributed by atoms with Crippen molar-refractivity contribution in [2.24, 2.45) is 5.92 Å². The zero-order valence-electron chi connectivity index (χ0n) is 18.2. The van der Waals surface area contributed by atoms with E-state index in [2.05, 4.69) is 26.9 Å². The molecular weight excluding hydrogens is 402 g/mol. The number of nitrogens with zero attached hydrogens (tertiary/aromatic N) is 6. The van der Waals surface area contributed by atoms with Gasteiger partial charge in [0.15, 0.2) is 5.65 Å². The number of aromatic nitrogens is 6. The summed E-state index contributed by atoms with van der Waals surface area (Å²) < 4.78 is 1.99. The molecule has 0 spiro atoms. The van der Waals surface area contributed by atoms with Crippen LogP contribution >= 0.6 is 0 Å². The number of H-pyrrole nitrogens is 1. The third kappa shape index (κ3) is 3.39. The molecule has 4 aromatic rings. The Hall–Kier alpha value is -3.13. The topological polar surface area (TPSA) is 92.6 Å². The van der Waals surface area contributed by atoms with Gasteiger partial charge in [0.2, 0.25) is 0 Å². The van der Waals surface area contributed by atoms with Gasteiger partial charge in [0.05, 0.1) is 35.2 Å². The standard InChI is InChI=1S/C24H27N7O/c1-15-12-30(13-16-10-25-20-8-4-5-9-21(20)27-16)14-19(15)22-28-23-18(24(32)29-22)11-26-31(23)17-6-2-3-7-17/h4-5,8-11,15,17,19H,2-3,6-7,12-14H2,1H3,(H,28,29,32)/t15-,19-/m1/s1. The minimum absolute atomic E-state index is 0.0831. The summed E-state index contributed by atoms with van der Waals surface area (Å²) in [5.41, 5.74) is 3.46. The summed E-state index contributed by atoms with van der Waals surface area (Å²) in [6.45, 7) is 4.74. The monoisotopic (exact) mass is 429 g/mol. The summed E-state index contributed by atoms with van der Waals surface area (Å²) in [6, 6.07) is 8.31. The van der Waals surface area contributed by atoms with Crippen LogP contribution in [-0.4, -0.2) is 47.7 Å². The molecule has 0 bridgehead atoms. The Bertz CT molecular complexity index is 1340. The molecule has 8 heteroatoms. The number of fused-ring (bicyclic) bond motifs is 2. The highest BCUT2D eigenvalue weighted by Crippen LogP contribution is 2.33. The maximum atomic E-state index is 12.8. The fraction of sp³-hybridized carbons (Fsp3) is 0.458. The van der Waals surface area contributed by atoms with E-state index in [9.17, 15) is 4.79 Å². The summed E-state index contributed by atoms with van der Waals surface area (Å²) >= 11 is 0. The number of para-hydroxylation sites is 2. The van der Waals surface area contributed by atoms with Crippen molar-refractivity contribution in [1.82, 2.24) is 34.6 Å². The normalized spacial score (nSPS) is 22.4. The third-order valence-electron chi connectivity index (χ3n) is 7.08. The second-order valence-electron chi connectivity index (χ2n) is 9.34. The van der Waals surface area contributed by atoms with Gasteiger partial charge in [-0.15, -0.1) is 0 Å². The van der Waals surface area contributed by atoms with Crippen molar-refractivity contribution in [3.8, 4) is 0 Å². The van der Waals surface area contributed by atoms with Crippen LogP contribution in [0.3, 0.4) is 0 Å². The lowest BCUT2D eigenvalue weighted by Crippen LogP contribution is -2.22. The fourth-order valence-corrected chi connectivity index (χ4v) is 5.40. The summed E-state index contributed by atoms with van der Waals surface area (Å²) in [6.07, 6.45) is 8.20. The number of benzene rings is 1. The maximum Gasteiger partial charge on any atom is 0.262 e. The first-order chi connectivity index (χ1) is 15.7. The lowest BCUT2D eigenvalue weighted by molar-refractivity contribution is 0.314. The molecule has 2 fully saturated rings. The van der Waals surface area contributed by atoms with Gasteiger partial charge in [0, 0.05) is 25.6 Å². The molecule has 2 aliphatic rings. The second-order valence-corrected chi connectivity index (χ2v) is 9.34. The van der Waals surface area contributed by atoms with Gasteiger partial charge in [-0.3, -0.25) is 14.7 Å². The van der Waals surface area contributed by atoms with E-state index in [4.69, 9.17) is 9.97 Å². The summed E-state index contributed by atoms with van der Waals surface area (Å²) in [4.78, 5) is 32.5. The van der Waals surface area contributed by atoms with Gasteiger partial charge in [0.1, 0.15) is 11.2 Å². The van der Waals surface area contributed by atoms with Crippen LogP contribution in [0.2, 0.25) is 0 Å². The molecule has 32 heavy (non-hydrogen) atoms. The molecule has 1 saturated heterocycles. The molecule has 4 heterocycles. The summed E-state index contributed by atoms with van der Waals surface area (Å²) in [7, 11) is 0. The second kappa shape index (κ2) is 7.78. The van der Waals surface area contributed by atoms with Crippen molar-refractivity contribution >= 4 is 22.1 Å². The lowest BCUT2D eigenvalue weighted by atomic mass is 9.97. The van der Waals surface area contributed by atoms with Gasteiger partial charge < -0.3 is 4.98 Å². The van der Waals surface area contributed by atoms with Crippen molar-refractivity contribution in [2.45, 2.75) is 51.1 Å². The summed E-state index contributed by atoms with van der Waals surface area (Å²) in [5, 5.41) is 5.12. The van der Waals surface area contributed by atoms with E-state index in [-0.39, 0.29) is 11.5 Å². The Morgan fingerprint density at radius 2 is 1.88 bits per heavy atom. The maximum absolute atomic E-state index is 12.8. The Morgan fingerprint density at radius 1 is 1.06 bits per heavy atom. The Kier molecular flexibility index (Phi) is 4.75. The van der Waals surface area contributed by atoms with Crippen LogP contribution < -0.4 is 5.56 Å². The van der Waals surface area contributed by atoms with E-state index in [1.54, 1.807) is 6.20 Å². The Labute approximate surface area is 185 Å². The van der Waals surface area contributed by atoms with Crippen LogP contribution in [0, 0.1) is 5.92 Å². The fourth-order valence-electron chi connectivity index (χ4n) is 5.40. The van der Waals surface area contributed by atoms with Crippen molar-refractivity contribution in [3.05, 3.63) is 58.5 Å². The highest BCUT2D eigenvalue weighted by Gasteiger charge is 2.33. The first kappa shape index (κ1) is 19.5. The predicted molar refractivity (Wildman–Crippen MR) is 122 cm³/mol.